The van der Waals surface area contributed by atoms with Crippen molar-refractivity contribution in [2.24, 2.45) is 0 Å². The minimum absolute atomic E-state index is 0.171. The molecule has 6 heteroatoms. The van der Waals surface area contributed by atoms with Crippen LogP contribution in [0.1, 0.15) is 15.9 Å². The molecular weight excluding hydrogens is 395 g/mol. The summed E-state index contributed by atoms with van der Waals surface area (Å²) in [7, 11) is 0. The Morgan fingerprint density at radius 2 is 1.86 bits per heavy atom. The zero-order valence-electron chi connectivity index (χ0n) is 11.9. The highest BCUT2D eigenvalue weighted by Crippen LogP contribution is 2.12. The van der Waals surface area contributed by atoms with Crippen LogP contribution in [0.3, 0.4) is 0 Å². The van der Waals surface area contributed by atoms with Gasteiger partial charge in [-0.25, -0.2) is 0 Å². The molecule has 2 N–H and O–H groups in total. The van der Waals surface area contributed by atoms with Gasteiger partial charge in [-0.1, -0.05) is 24.3 Å². The first-order valence-corrected chi connectivity index (χ1v) is 7.67. The van der Waals surface area contributed by atoms with Crippen molar-refractivity contribution in [2.45, 2.75) is 6.92 Å². The third-order valence-corrected chi connectivity index (χ3v) is 3.73. The van der Waals surface area contributed by atoms with Gasteiger partial charge in [-0.05, 0) is 59.3 Å². The fraction of sp³-hybridized carbons (Fsp3) is 0.125. The molecule has 5 nitrogen and oxygen atoms in total. The van der Waals surface area contributed by atoms with Gasteiger partial charge in [0.1, 0.15) is 5.75 Å². The first-order chi connectivity index (χ1) is 10.6. The van der Waals surface area contributed by atoms with Crippen molar-refractivity contribution >= 4 is 34.4 Å². The lowest BCUT2D eigenvalue weighted by Gasteiger charge is -2.10. The first kappa shape index (κ1) is 16.3. The van der Waals surface area contributed by atoms with E-state index in [9.17, 15) is 9.59 Å². The van der Waals surface area contributed by atoms with Gasteiger partial charge in [0.15, 0.2) is 6.61 Å². The van der Waals surface area contributed by atoms with Crippen molar-refractivity contribution < 1.29 is 14.3 Å². The minimum atomic E-state index is -0.430. The molecule has 0 bridgehead atoms. The molecule has 22 heavy (non-hydrogen) atoms. The summed E-state index contributed by atoms with van der Waals surface area (Å²) in [5, 5.41) is 0. The number of aryl methyl sites for hydroxylation is 1. The van der Waals surface area contributed by atoms with Gasteiger partial charge in [0.2, 0.25) is 0 Å². The Hall–Kier alpha value is -2.09. The molecule has 2 aromatic rings. The van der Waals surface area contributed by atoms with Gasteiger partial charge in [0, 0.05) is 3.57 Å². The van der Waals surface area contributed by atoms with Crippen LogP contribution in [0.15, 0.2) is 48.5 Å². The molecule has 0 fully saturated rings. The molecule has 114 valence electrons. The fourth-order valence-corrected chi connectivity index (χ4v) is 2.36. The number of nitrogens with one attached hydrogen (secondary N) is 2. The highest BCUT2D eigenvalue weighted by atomic mass is 127. The van der Waals surface area contributed by atoms with Crippen LogP contribution < -0.4 is 15.6 Å². The average Bonchev–Trinajstić information content (AvgIpc) is 2.51. The predicted octanol–water partition coefficient (Wildman–Crippen LogP) is 2.44. The van der Waals surface area contributed by atoms with E-state index in [1.807, 2.05) is 37.3 Å². The molecule has 0 saturated heterocycles. The van der Waals surface area contributed by atoms with Gasteiger partial charge >= 0.3 is 0 Å². The van der Waals surface area contributed by atoms with Gasteiger partial charge in [0.25, 0.3) is 11.8 Å². The monoisotopic (exact) mass is 410 g/mol. The Labute approximate surface area is 142 Å². The van der Waals surface area contributed by atoms with Crippen molar-refractivity contribution in [3.8, 4) is 5.75 Å². The summed E-state index contributed by atoms with van der Waals surface area (Å²) >= 11 is 2.06. The second-order valence-corrected chi connectivity index (χ2v) is 5.75. The average molecular weight is 410 g/mol. The van der Waals surface area contributed by atoms with Gasteiger partial charge < -0.3 is 4.74 Å². The van der Waals surface area contributed by atoms with E-state index in [1.165, 1.54) is 0 Å². The molecule has 0 saturated carbocycles. The first-order valence-electron chi connectivity index (χ1n) is 6.59. The van der Waals surface area contributed by atoms with Crippen LogP contribution in [0.25, 0.3) is 0 Å². The number of amides is 2. The van der Waals surface area contributed by atoms with Crippen LogP contribution in [0.2, 0.25) is 0 Å². The largest absolute Gasteiger partial charge is 0.484 e. The molecule has 2 rings (SSSR count). The number of hydrazine groups is 1. The Morgan fingerprint density at radius 3 is 2.59 bits per heavy atom. The van der Waals surface area contributed by atoms with Gasteiger partial charge in [-0.3, -0.25) is 20.4 Å². The van der Waals surface area contributed by atoms with Crippen LogP contribution >= 0.6 is 22.6 Å². The normalized spacial score (nSPS) is 9.91. The molecule has 0 heterocycles. The lowest BCUT2D eigenvalue weighted by molar-refractivity contribution is -0.123. The minimum Gasteiger partial charge on any atom is -0.484 e. The number of hydrogen-bond acceptors (Lipinski definition) is 3. The zero-order valence-corrected chi connectivity index (χ0v) is 14.1. The van der Waals surface area contributed by atoms with Gasteiger partial charge in [-0.2, -0.15) is 0 Å². The Kier molecular flexibility index (Phi) is 5.76. The third-order valence-electron chi connectivity index (χ3n) is 2.79. The summed E-state index contributed by atoms with van der Waals surface area (Å²) in [6.45, 7) is 1.77. The maximum absolute atomic E-state index is 11.9. The summed E-state index contributed by atoms with van der Waals surface area (Å²) in [4.78, 5) is 23.6. The Morgan fingerprint density at radius 1 is 1.09 bits per heavy atom. The Bertz CT molecular complexity index is 689. The highest BCUT2D eigenvalue weighted by Gasteiger charge is 2.10. The van der Waals surface area contributed by atoms with E-state index in [4.69, 9.17) is 4.74 Å². The Balaban J connectivity index is 1.81. The SMILES string of the molecule is Cc1cccc(OCC(=O)NNC(=O)c2ccccc2I)c1. The number of hydrogen-bond donors (Lipinski definition) is 2. The van der Waals surface area contributed by atoms with E-state index >= 15 is 0 Å². The number of benzene rings is 2. The molecule has 0 aromatic heterocycles. The number of ether oxygens (including phenoxy) is 1. The summed E-state index contributed by atoms with van der Waals surface area (Å²) in [6, 6.07) is 14.5. The van der Waals surface area contributed by atoms with E-state index in [2.05, 4.69) is 33.4 Å². The van der Waals surface area contributed by atoms with E-state index in [1.54, 1.807) is 18.2 Å². The van der Waals surface area contributed by atoms with Crippen molar-refractivity contribution in [1.82, 2.24) is 10.9 Å². The predicted molar refractivity (Wildman–Crippen MR) is 91.4 cm³/mol. The highest BCUT2D eigenvalue weighted by molar-refractivity contribution is 14.1. The van der Waals surface area contributed by atoms with Crippen LogP contribution in [0.4, 0.5) is 0 Å². The van der Waals surface area contributed by atoms with Crippen molar-refractivity contribution in [2.75, 3.05) is 6.61 Å². The second kappa shape index (κ2) is 7.79. The van der Waals surface area contributed by atoms with Crippen LogP contribution in [-0.4, -0.2) is 18.4 Å². The summed E-state index contributed by atoms with van der Waals surface area (Å²) in [5.74, 6) is -0.186. The number of carbonyl (C=O) groups is 2. The second-order valence-electron chi connectivity index (χ2n) is 4.59. The van der Waals surface area contributed by atoms with Crippen molar-refractivity contribution in [3.63, 3.8) is 0 Å². The van der Waals surface area contributed by atoms with E-state index in [0.29, 0.717) is 11.3 Å². The third kappa shape index (κ3) is 4.73. The molecule has 2 amide bonds. The molecule has 0 aliphatic rings. The molecule has 0 unspecified atom stereocenters. The van der Waals surface area contributed by atoms with Gasteiger partial charge in [-0.15, -0.1) is 0 Å². The number of carbonyl (C=O) groups excluding carboxylic acids is 2. The topological polar surface area (TPSA) is 67.4 Å². The summed E-state index contributed by atoms with van der Waals surface area (Å²) in [5.41, 5.74) is 6.24. The molecule has 0 spiro atoms. The van der Waals surface area contributed by atoms with Crippen LogP contribution in [0.5, 0.6) is 5.75 Å². The van der Waals surface area contributed by atoms with E-state index in [0.717, 1.165) is 9.13 Å². The quantitative estimate of drug-likeness (QED) is 0.601. The smallest absolute Gasteiger partial charge is 0.276 e. The fourth-order valence-electron chi connectivity index (χ4n) is 1.73. The van der Waals surface area contributed by atoms with E-state index < -0.39 is 5.91 Å². The number of rotatable bonds is 4. The van der Waals surface area contributed by atoms with E-state index in [-0.39, 0.29) is 12.5 Å². The van der Waals surface area contributed by atoms with Crippen molar-refractivity contribution in [1.29, 1.82) is 0 Å². The maximum atomic E-state index is 11.9. The molecular formula is C16H15IN2O3. The lowest BCUT2D eigenvalue weighted by Crippen LogP contribution is -2.44. The zero-order chi connectivity index (χ0) is 15.9. The number of halogens is 1. The van der Waals surface area contributed by atoms with Crippen LogP contribution in [-0.2, 0) is 4.79 Å². The van der Waals surface area contributed by atoms with Crippen molar-refractivity contribution in [3.05, 3.63) is 63.2 Å². The molecule has 0 atom stereocenters. The summed E-state index contributed by atoms with van der Waals surface area (Å²) in [6.07, 6.45) is 0. The summed E-state index contributed by atoms with van der Waals surface area (Å²) < 4.78 is 6.15. The molecule has 0 aliphatic carbocycles. The maximum Gasteiger partial charge on any atom is 0.276 e. The molecule has 2 aromatic carbocycles. The van der Waals surface area contributed by atoms with Gasteiger partial charge in [0.05, 0.1) is 5.56 Å². The standard InChI is InChI=1S/C16H15IN2O3/c1-11-5-4-6-12(9-11)22-10-15(20)18-19-16(21)13-7-2-3-8-14(13)17/h2-9H,10H2,1H3,(H,18,20)(H,19,21). The molecule has 0 aliphatic heterocycles. The lowest BCUT2D eigenvalue weighted by atomic mass is 10.2. The van der Waals surface area contributed by atoms with Crippen LogP contribution in [0, 0.1) is 10.5 Å². The molecule has 0 radical (unpaired) electrons.